The van der Waals surface area contributed by atoms with Crippen LogP contribution in [0.1, 0.15) is 49.9 Å². The molecule has 1 aliphatic heterocycles. The highest BCUT2D eigenvalue weighted by atomic mass is 127. The Morgan fingerprint density at radius 1 is 1.17 bits per heavy atom. The fourth-order valence-electron chi connectivity index (χ4n) is 3.57. The van der Waals surface area contributed by atoms with Crippen LogP contribution in [0.4, 0.5) is 0 Å². The monoisotopic (exact) mass is 551 g/mol. The number of ether oxygens (including phenoxy) is 1. The van der Waals surface area contributed by atoms with Crippen molar-refractivity contribution in [3.8, 4) is 0 Å². The topological polar surface area (TPSA) is 52.1 Å². The van der Waals surface area contributed by atoms with Crippen molar-refractivity contribution in [3.63, 3.8) is 0 Å². The lowest BCUT2D eigenvalue weighted by molar-refractivity contribution is 0.0186. The van der Waals surface area contributed by atoms with Crippen LogP contribution in [0.15, 0.2) is 22.5 Å². The first-order chi connectivity index (χ1) is 14.2. The van der Waals surface area contributed by atoms with E-state index in [2.05, 4.69) is 59.0 Å². The minimum Gasteiger partial charge on any atom is -0.379 e. The van der Waals surface area contributed by atoms with Gasteiger partial charge in [-0.25, -0.2) is 0 Å². The van der Waals surface area contributed by atoms with Crippen molar-refractivity contribution in [3.05, 3.63) is 22.4 Å². The molecule has 6 nitrogen and oxygen atoms in total. The fraction of sp³-hybridized carbons (Fsp3) is 0.773. The van der Waals surface area contributed by atoms with Crippen molar-refractivity contribution in [1.29, 1.82) is 0 Å². The number of hydrogen-bond donors (Lipinski definition) is 2. The van der Waals surface area contributed by atoms with Gasteiger partial charge in [0.2, 0.25) is 0 Å². The Kier molecular flexibility index (Phi) is 15.8. The zero-order valence-corrected chi connectivity index (χ0v) is 22.2. The summed E-state index contributed by atoms with van der Waals surface area (Å²) in [6, 6.07) is 4.71. The highest BCUT2D eigenvalue weighted by Gasteiger charge is 2.23. The maximum absolute atomic E-state index is 5.54. The average molecular weight is 552 g/mol. The molecule has 0 radical (unpaired) electrons. The molecule has 2 rings (SSSR count). The summed E-state index contributed by atoms with van der Waals surface area (Å²) in [6.07, 6.45) is 6.43. The molecule has 2 heterocycles. The third-order valence-electron chi connectivity index (χ3n) is 5.20. The number of halogens is 1. The molecule has 1 aromatic rings. The van der Waals surface area contributed by atoms with Crippen molar-refractivity contribution in [2.45, 2.75) is 45.1 Å². The Balaban J connectivity index is 0.00000450. The molecule has 1 atom stereocenters. The average Bonchev–Trinajstić information content (AvgIpc) is 3.25. The van der Waals surface area contributed by atoms with Crippen LogP contribution in [0.5, 0.6) is 0 Å². The number of morpholine rings is 1. The Labute approximate surface area is 204 Å². The summed E-state index contributed by atoms with van der Waals surface area (Å²) in [7, 11) is 4.29. The van der Waals surface area contributed by atoms with E-state index in [-0.39, 0.29) is 24.0 Å². The lowest BCUT2D eigenvalue weighted by Crippen LogP contribution is -2.41. The summed E-state index contributed by atoms with van der Waals surface area (Å²) < 4.78 is 5.54. The second-order valence-electron chi connectivity index (χ2n) is 7.90. The zero-order chi connectivity index (χ0) is 20.7. The SMILES string of the molecule is CCNC(=NCC(c1cccs1)N1CCOCC1)NCCCCCCCN(C)C.I. The normalized spacial score (nSPS) is 16.3. The van der Waals surface area contributed by atoms with Gasteiger partial charge >= 0.3 is 0 Å². The second-order valence-corrected chi connectivity index (χ2v) is 8.88. The molecule has 0 amide bonds. The number of unbranched alkanes of at least 4 members (excludes halogenated alkanes) is 4. The minimum atomic E-state index is 0. The van der Waals surface area contributed by atoms with E-state index < -0.39 is 0 Å². The van der Waals surface area contributed by atoms with E-state index in [9.17, 15) is 0 Å². The molecular formula is C22H42IN5OS. The van der Waals surface area contributed by atoms with Gasteiger partial charge in [0, 0.05) is 31.1 Å². The Morgan fingerprint density at radius 2 is 1.90 bits per heavy atom. The quantitative estimate of drug-likeness (QED) is 0.169. The van der Waals surface area contributed by atoms with Crippen molar-refractivity contribution in [2.75, 3.05) is 66.6 Å². The Morgan fingerprint density at radius 3 is 2.57 bits per heavy atom. The molecule has 0 spiro atoms. The summed E-state index contributed by atoms with van der Waals surface area (Å²) >= 11 is 1.83. The number of thiophene rings is 1. The third kappa shape index (κ3) is 11.3. The fourth-order valence-corrected chi connectivity index (χ4v) is 4.42. The maximum atomic E-state index is 5.54. The van der Waals surface area contributed by atoms with Gasteiger partial charge in [0.25, 0.3) is 0 Å². The van der Waals surface area contributed by atoms with E-state index in [1.807, 2.05) is 11.3 Å². The van der Waals surface area contributed by atoms with Gasteiger partial charge in [-0.15, -0.1) is 35.3 Å². The molecule has 1 unspecified atom stereocenters. The van der Waals surface area contributed by atoms with E-state index >= 15 is 0 Å². The zero-order valence-electron chi connectivity index (χ0n) is 19.1. The summed E-state index contributed by atoms with van der Waals surface area (Å²) in [5, 5.41) is 9.09. The van der Waals surface area contributed by atoms with E-state index in [1.54, 1.807) is 0 Å². The van der Waals surface area contributed by atoms with Gasteiger partial charge in [0.15, 0.2) is 5.96 Å². The van der Waals surface area contributed by atoms with Crippen LogP contribution in [0, 0.1) is 0 Å². The summed E-state index contributed by atoms with van der Waals surface area (Å²) in [4.78, 5) is 11.1. The first kappa shape index (κ1) is 27.6. The van der Waals surface area contributed by atoms with E-state index in [0.29, 0.717) is 6.04 Å². The van der Waals surface area contributed by atoms with E-state index in [0.717, 1.165) is 51.9 Å². The van der Waals surface area contributed by atoms with Gasteiger partial charge in [-0.2, -0.15) is 0 Å². The number of aliphatic imine (C=N–C) groups is 1. The largest absolute Gasteiger partial charge is 0.379 e. The highest BCUT2D eigenvalue weighted by molar-refractivity contribution is 14.0. The van der Waals surface area contributed by atoms with Crippen LogP contribution >= 0.6 is 35.3 Å². The predicted molar refractivity (Wildman–Crippen MR) is 140 cm³/mol. The maximum Gasteiger partial charge on any atom is 0.191 e. The molecule has 0 saturated carbocycles. The lowest BCUT2D eigenvalue weighted by Gasteiger charge is -2.33. The highest BCUT2D eigenvalue weighted by Crippen LogP contribution is 2.26. The number of nitrogens with zero attached hydrogens (tertiary/aromatic N) is 3. The summed E-state index contributed by atoms with van der Waals surface area (Å²) in [5.41, 5.74) is 0. The molecule has 1 fully saturated rings. The van der Waals surface area contributed by atoms with Crippen LogP contribution in [-0.2, 0) is 4.74 Å². The van der Waals surface area contributed by atoms with Crippen molar-refractivity contribution in [1.82, 2.24) is 20.4 Å². The van der Waals surface area contributed by atoms with Crippen molar-refractivity contribution >= 4 is 41.3 Å². The molecule has 30 heavy (non-hydrogen) atoms. The molecule has 2 N–H and O–H groups in total. The van der Waals surface area contributed by atoms with Gasteiger partial charge in [-0.3, -0.25) is 9.89 Å². The van der Waals surface area contributed by atoms with Crippen molar-refractivity contribution in [2.24, 2.45) is 4.99 Å². The van der Waals surface area contributed by atoms with Gasteiger partial charge in [0.05, 0.1) is 25.8 Å². The molecule has 1 saturated heterocycles. The number of rotatable bonds is 13. The van der Waals surface area contributed by atoms with Gasteiger partial charge in [-0.05, 0) is 51.9 Å². The molecule has 0 aliphatic carbocycles. The van der Waals surface area contributed by atoms with E-state index in [1.165, 1.54) is 43.5 Å². The van der Waals surface area contributed by atoms with Crippen LogP contribution in [-0.4, -0.2) is 82.3 Å². The molecule has 0 bridgehead atoms. The lowest BCUT2D eigenvalue weighted by atomic mass is 10.1. The first-order valence-electron chi connectivity index (χ1n) is 11.2. The van der Waals surface area contributed by atoms with E-state index in [4.69, 9.17) is 9.73 Å². The minimum absolute atomic E-state index is 0. The standard InChI is InChI=1S/C22H41N5OS.HI/c1-4-23-22(24-12-8-6-5-7-9-13-26(2)3)25-19-20(21-11-10-18-29-21)27-14-16-28-17-15-27;/h10-11,18,20H,4-9,12-17,19H2,1-3H3,(H2,23,24,25);1H. The number of guanidine groups is 1. The van der Waals surface area contributed by atoms with Crippen LogP contribution in [0.3, 0.4) is 0 Å². The molecule has 0 aromatic carbocycles. The molecule has 8 heteroatoms. The predicted octanol–water partition coefficient (Wildman–Crippen LogP) is 3.81. The van der Waals surface area contributed by atoms with Gasteiger partial charge < -0.3 is 20.3 Å². The van der Waals surface area contributed by atoms with Gasteiger partial charge in [0.1, 0.15) is 0 Å². The molecule has 1 aromatic heterocycles. The van der Waals surface area contributed by atoms with Crippen molar-refractivity contribution < 1.29 is 4.74 Å². The Bertz CT molecular complexity index is 550. The first-order valence-corrected chi connectivity index (χ1v) is 12.1. The summed E-state index contributed by atoms with van der Waals surface area (Å²) in [5.74, 6) is 0.940. The Hall–Kier alpha value is -0.420. The third-order valence-corrected chi connectivity index (χ3v) is 6.17. The molecule has 174 valence electrons. The number of nitrogens with one attached hydrogen (secondary N) is 2. The second kappa shape index (κ2) is 17.2. The molecule has 1 aliphatic rings. The van der Waals surface area contributed by atoms with Gasteiger partial charge in [-0.1, -0.05) is 25.3 Å². The van der Waals surface area contributed by atoms with Crippen LogP contribution in [0.2, 0.25) is 0 Å². The smallest absolute Gasteiger partial charge is 0.191 e. The van der Waals surface area contributed by atoms with Crippen LogP contribution < -0.4 is 10.6 Å². The van der Waals surface area contributed by atoms with Crippen LogP contribution in [0.25, 0.3) is 0 Å². The number of hydrogen-bond acceptors (Lipinski definition) is 5. The molecular weight excluding hydrogens is 509 g/mol. The summed E-state index contributed by atoms with van der Waals surface area (Å²) in [6.45, 7) is 9.58.